The van der Waals surface area contributed by atoms with Crippen LogP contribution in [0.3, 0.4) is 0 Å². The van der Waals surface area contributed by atoms with Gasteiger partial charge in [-0.3, -0.25) is 4.79 Å². The van der Waals surface area contributed by atoms with Gasteiger partial charge in [-0.1, -0.05) is 23.2 Å². The Morgan fingerprint density at radius 1 is 1.33 bits per heavy atom. The standard InChI is InChI=1S/C12H8BrCl2NOS/c1-6-4-10(18-11(6)13)12(17)16-9-3-2-7(14)5-8(9)15/h2-5H,1H3,(H,16,17). The van der Waals surface area contributed by atoms with E-state index in [1.807, 2.05) is 13.0 Å². The summed E-state index contributed by atoms with van der Waals surface area (Å²) in [5, 5.41) is 3.71. The van der Waals surface area contributed by atoms with E-state index >= 15 is 0 Å². The maximum absolute atomic E-state index is 12.0. The van der Waals surface area contributed by atoms with Crippen molar-refractivity contribution >= 4 is 62.1 Å². The zero-order valence-corrected chi connectivity index (χ0v) is 13.2. The second-order valence-electron chi connectivity index (χ2n) is 3.65. The summed E-state index contributed by atoms with van der Waals surface area (Å²) in [4.78, 5) is 12.6. The topological polar surface area (TPSA) is 29.1 Å². The third-order valence-corrected chi connectivity index (χ3v) is 4.94. The lowest BCUT2D eigenvalue weighted by atomic mass is 10.3. The number of halogens is 3. The molecule has 0 fully saturated rings. The summed E-state index contributed by atoms with van der Waals surface area (Å²) in [5.41, 5.74) is 1.58. The van der Waals surface area contributed by atoms with Crippen molar-refractivity contribution in [1.29, 1.82) is 0 Å². The van der Waals surface area contributed by atoms with Crippen LogP contribution < -0.4 is 5.32 Å². The van der Waals surface area contributed by atoms with E-state index in [0.717, 1.165) is 9.35 Å². The molecule has 6 heteroatoms. The molecule has 0 saturated carbocycles. The zero-order chi connectivity index (χ0) is 13.3. The molecule has 0 aliphatic rings. The van der Waals surface area contributed by atoms with Gasteiger partial charge < -0.3 is 5.32 Å². The highest BCUT2D eigenvalue weighted by atomic mass is 79.9. The molecule has 0 unspecified atom stereocenters. The molecule has 2 rings (SSSR count). The van der Waals surface area contributed by atoms with Crippen molar-refractivity contribution in [2.75, 3.05) is 5.32 Å². The van der Waals surface area contributed by atoms with E-state index < -0.39 is 0 Å². The monoisotopic (exact) mass is 363 g/mol. The molecule has 0 atom stereocenters. The average molecular weight is 365 g/mol. The Bertz CT molecular complexity index is 593. The highest BCUT2D eigenvalue weighted by Gasteiger charge is 2.12. The first-order chi connectivity index (χ1) is 8.47. The van der Waals surface area contributed by atoms with Gasteiger partial charge in [0.1, 0.15) is 0 Å². The number of rotatable bonds is 2. The van der Waals surface area contributed by atoms with E-state index in [2.05, 4.69) is 21.2 Å². The Morgan fingerprint density at radius 2 is 2.06 bits per heavy atom. The van der Waals surface area contributed by atoms with Crippen molar-refractivity contribution < 1.29 is 4.79 Å². The second-order valence-corrected chi connectivity index (χ2v) is 6.86. The number of benzene rings is 1. The SMILES string of the molecule is Cc1cc(C(=O)Nc2ccc(Cl)cc2Cl)sc1Br. The third kappa shape index (κ3) is 3.06. The second kappa shape index (κ2) is 5.61. The van der Waals surface area contributed by atoms with Gasteiger partial charge in [0.15, 0.2) is 0 Å². The quantitative estimate of drug-likeness (QED) is 0.761. The van der Waals surface area contributed by atoms with E-state index in [4.69, 9.17) is 23.2 Å². The molecule has 2 aromatic rings. The normalized spacial score (nSPS) is 10.4. The van der Waals surface area contributed by atoms with E-state index in [9.17, 15) is 4.79 Å². The molecule has 1 heterocycles. The molecule has 0 aliphatic carbocycles. The predicted molar refractivity (Wildman–Crippen MR) is 81.2 cm³/mol. The van der Waals surface area contributed by atoms with Crippen LogP contribution in [0.25, 0.3) is 0 Å². The molecule has 2 nitrogen and oxygen atoms in total. The lowest BCUT2D eigenvalue weighted by Crippen LogP contribution is -2.10. The minimum atomic E-state index is -0.182. The fraction of sp³-hybridized carbons (Fsp3) is 0.0833. The van der Waals surface area contributed by atoms with E-state index in [-0.39, 0.29) is 5.91 Å². The summed E-state index contributed by atoms with van der Waals surface area (Å²) >= 11 is 16.6. The number of hydrogen-bond donors (Lipinski definition) is 1. The predicted octanol–water partition coefficient (Wildman–Crippen LogP) is 5.38. The Morgan fingerprint density at radius 3 is 2.61 bits per heavy atom. The maximum Gasteiger partial charge on any atom is 0.265 e. The van der Waals surface area contributed by atoms with Gasteiger partial charge in [0, 0.05) is 5.02 Å². The Kier molecular flexibility index (Phi) is 4.33. The Hall–Kier alpha value is -0.550. The van der Waals surface area contributed by atoms with Gasteiger partial charge >= 0.3 is 0 Å². The molecule has 0 aliphatic heterocycles. The van der Waals surface area contributed by atoms with Crippen molar-refractivity contribution in [3.05, 3.63) is 48.5 Å². The van der Waals surface area contributed by atoms with Gasteiger partial charge in [-0.05, 0) is 52.7 Å². The third-order valence-electron chi connectivity index (χ3n) is 2.26. The van der Waals surface area contributed by atoms with Gasteiger partial charge in [0.25, 0.3) is 5.91 Å². The molecule has 0 radical (unpaired) electrons. The zero-order valence-electron chi connectivity index (χ0n) is 9.26. The van der Waals surface area contributed by atoms with Crippen LogP contribution in [0.2, 0.25) is 10.0 Å². The largest absolute Gasteiger partial charge is 0.320 e. The Balaban J connectivity index is 2.21. The summed E-state index contributed by atoms with van der Waals surface area (Å²) in [6, 6.07) is 6.78. The molecular formula is C12H8BrCl2NOS. The summed E-state index contributed by atoms with van der Waals surface area (Å²) in [6.07, 6.45) is 0. The number of hydrogen-bond acceptors (Lipinski definition) is 2. The lowest BCUT2D eigenvalue weighted by molar-refractivity contribution is 0.103. The van der Waals surface area contributed by atoms with Crippen LogP contribution in [0, 0.1) is 6.92 Å². The van der Waals surface area contributed by atoms with E-state index in [1.165, 1.54) is 11.3 Å². The summed E-state index contributed by atoms with van der Waals surface area (Å²) in [7, 11) is 0. The van der Waals surface area contributed by atoms with Gasteiger partial charge in [-0.15, -0.1) is 11.3 Å². The van der Waals surface area contributed by atoms with Gasteiger partial charge in [-0.2, -0.15) is 0 Å². The number of amides is 1. The lowest BCUT2D eigenvalue weighted by Gasteiger charge is -2.05. The minimum Gasteiger partial charge on any atom is -0.320 e. The number of carbonyl (C=O) groups is 1. The minimum absolute atomic E-state index is 0.182. The summed E-state index contributed by atoms with van der Waals surface area (Å²) in [6.45, 7) is 1.94. The number of thiophene rings is 1. The molecule has 0 bridgehead atoms. The molecule has 1 aromatic heterocycles. The molecule has 18 heavy (non-hydrogen) atoms. The van der Waals surface area contributed by atoms with Crippen molar-refractivity contribution in [3.8, 4) is 0 Å². The maximum atomic E-state index is 12.0. The van der Waals surface area contributed by atoms with Crippen LogP contribution in [0.4, 0.5) is 5.69 Å². The number of nitrogens with one attached hydrogen (secondary N) is 1. The molecule has 1 amide bonds. The summed E-state index contributed by atoms with van der Waals surface area (Å²) in [5.74, 6) is -0.182. The van der Waals surface area contributed by atoms with Crippen molar-refractivity contribution in [2.24, 2.45) is 0 Å². The van der Waals surface area contributed by atoms with Crippen LogP contribution in [0.15, 0.2) is 28.1 Å². The Labute approximate surface area is 127 Å². The first-order valence-corrected chi connectivity index (χ1v) is 7.36. The number of carbonyl (C=O) groups excluding carboxylic acids is 1. The highest BCUT2D eigenvalue weighted by molar-refractivity contribution is 9.11. The molecule has 1 N–H and O–H groups in total. The van der Waals surface area contributed by atoms with Gasteiger partial charge in [-0.25, -0.2) is 0 Å². The molecule has 94 valence electrons. The fourth-order valence-electron chi connectivity index (χ4n) is 1.35. The van der Waals surface area contributed by atoms with Crippen molar-refractivity contribution in [1.82, 2.24) is 0 Å². The van der Waals surface area contributed by atoms with Crippen LogP contribution in [0.5, 0.6) is 0 Å². The van der Waals surface area contributed by atoms with Crippen LogP contribution in [0.1, 0.15) is 15.2 Å². The van der Waals surface area contributed by atoms with Gasteiger partial charge in [0.05, 0.1) is 19.4 Å². The molecule has 0 saturated heterocycles. The molecule has 0 spiro atoms. The van der Waals surface area contributed by atoms with Crippen molar-refractivity contribution in [3.63, 3.8) is 0 Å². The van der Waals surface area contributed by atoms with Crippen LogP contribution >= 0.6 is 50.5 Å². The first-order valence-electron chi connectivity index (χ1n) is 4.99. The molecular weight excluding hydrogens is 357 g/mol. The van der Waals surface area contributed by atoms with Crippen LogP contribution in [-0.4, -0.2) is 5.91 Å². The number of anilines is 1. The smallest absolute Gasteiger partial charge is 0.265 e. The van der Waals surface area contributed by atoms with E-state index in [0.29, 0.717) is 20.6 Å². The first kappa shape index (κ1) is 13.9. The van der Waals surface area contributed by atoms with E-state index in [1.54, 1.807) is 18.2 Å². The van der Waals surface area contributed by atoms with Crippen molar-refractivity contribution in [2.45, 2.75) is 6.92 Å². The average Bonchev–Trinajstić information content (AvgIpc) is 2.63. The summed E-state index contributed by atoms with van der Waals surface area (Å²) < 4.78 is 0.954. The van der Waals surface area contributed by atoms with Crippen LogP contribution in [-0.2, 0) is 0 Å². The fourth-order valence-corrected chi connectivity index (χ4v) is 3.23. The van der Waals surface area contributed by atoms with Gasteiger partial charge in [0.2, 0.25) is 0 Å². The highest BCUT2D eigenvalue weighted by Crippen LogP contribution is 2.29. The molecule has 1 aromatic carbocycles. The number of aryl methyl sites for hydroxylation is 1.